The highest BCUT2D eigenvalue weighted by atomic mass is 16.4. The molecule has 1 aromatic carbocycles. The summed E-state index contributed by atoms with van der Waals surface area (Å²) in [5.41, 5.74) is 1.93. The Labute approximate surface area is 94.7 Å². The number of nitrogens with zero attached hydrogens (tertiary/aromatic N) is 2. The van der Waals surface area contributed by atoms with Crippen molar-refractivity contribution in [2.24, 2.45) is 0 Å². The van der Waals surface area contributed by atoms with E-state index in [0.717, 1.165) is 5.56 Å². The van der Waals surface area contributed by atoms with Gasteiger partial charge in [0.05, 0.1) is 23.7 Å². The van der Waals surface area contributed by atoms with Gasteiger partial charge in [-0.3, -0.25) is 0 Å². The van der Waals surface area contributed by atoms with Crippen molar-refractivity contribution < 1.29 is 9.90 Å². The summed E-state index contributed by atoms with van der Waals surface area (Å²) in [4.78, 5) is 12.8. The lowest BCUT2D eigenvalue weighted by atomic mass is 10.1. The third kappa shape index (κ3) is 2.74. The third-order valence-electron chi connectivity index (χ3n) is 2.35. The fourth-order valence-corrected chi connectivity index (χ4v) is 1.48. The second-order valence-corrected chi connectivity index (χ2v) is 3.66. The van der Waals surface area contributed by atoms with Crippen LogP contribution >= 0.6 is 0 Å². The molecule has 1 N–H and O–H groups in total. The van der Waals surface area contributed by atoms with Crippen molar-refractivity contribution in [3.63, 3.8) is 0 Å². The number of anilines is 1. The smallest absolute Gasteiger partial charge is 0.337 e. The van der Waals surface area contributed by atoms with Gasteiger partial charge in [0, 0.05) is 13.6 Å². The van der Waals surface area contributed by atoms with Gasteiger partial charge in [-0.2, -0.15) is 5.26 Å². The van der Waals surface area contributed by atoms with Crippen LogP contribution in [0.2, 0.25) is 0 Å². The monoisotopic (exact) mass is 218 g/mol. The van der Waals surface area contributed by atoms with E-state index in [1.165, 1.54) is 0 Å². The molecule has 84 valence electrons. The summed E-state index contributed by atoms with van der Waals surface area (Å²) in [6.07, 6.45) is 0.378. The largest absolute Gasteiger partial charge is 0.478 e. The Morgan fingerprint density at radius 2 is 2.25 bits per heavy atom. The van der Waals surface area contributed by atoms with E-state index < -0.39 is 5.97 Å². The molecule has 0 aliphatic rings. The molecule has 0 aromatic heterocycles. The highest BCUT2D eigenvalue weighted by Gasteiger charge is 2.13. The molecule has 1 rings (SSSR count). The minimum Gasteiger partial charge on any atom is -0.478 e. The molecule has 4 heteroatoms. The number of carboxylic acids is 1. The number of aromatic carboxylic acids is 1. The molecule has 0 spiro atoms. The zero-order valence-corrected chi connectivity index (χ0v) is 9.40. The second-order valence-electron chi connectivity index (χ2n) is 3.66. The maximum Gasteiger partial charge on any atom is 0.337 e. The van der Waals surface area contributed by atoms with Crippen LogP contribution in [0.4, 0.5) is 5.69 Å². The second kappa shape index (κ2) is 5.17. The molecule has 0 heterocycles. The molecule has 1 aromatic rings. The lowest BCUT2D eigenvalue weighted by molar-refractivity contribution is 0.0697. The lowest BCUT2D eigenvalue weighted by Gasteiger charge is -2.20. The fourth-order valence-electron chi connectivity index (χ4n) is 1.48. The average Bonchev–Trinajstić information content (AvgIpc) is 2.25. The number of benzene rings is 1. The highest BCUT2D eigenvalue weighted by Crippen LogP contribution is 2.21. The Balaban J connectivity index is 3.05. The maximum absolute atomic E-state index is 11.0. The Kier molecular flexibility index (Phi) is 3.90. The summed E-state index contributed by atoms with van der Waals surface area (Å²) < 4.78 is 0. The van der Waals surface area contributed by atoms with E-state index in [-0.39, 0.29) is 5.56 Å². The molecule has 0 fully saturated rings. The molecule has 16 heavy (non-hydrogen) atoms. The number of rotatable bonds is 4. The SMILES string of the molecule is Cc1ccc(C(=O)O)c(N(C)CCC#N)c1. The van der Waals surface area contributed by atoms with Gasteiger partial charge in [-0.05, 0) is 24.6 Å². The number of nitriles is 1. The topological polar surface area (TPSA) is 64.3 Å². The van der Waals surface area contributed by atoms with Crippen LogP contribution < -0.4 is 4.90 Å². The van der Waals surface area contributed by atoms with Crippen molar-refractivity contribution in [2.45, 2.75) is 13.3 Å². The molecular weight excluding hydrogens is 204 g/mol. The van der Waals surface area contributed by atoms with Crippen LogP contribution in [-0.2, 0) is 0 Å². The molecule has 0 unspecified atom stereocenters. The quantitative estimate of drug-likeness (QED) is 0.839. The van der Waals surface area contributed by atoms with E-state index in [1.54, 1.807) is 24.1 Å². The first-order chi connectivity index (χ1) is 7.56. The molecule has 4 nitrogen and oxygen atoms in total. The fraction of sp³-hybridized carbons (Fsp3) is 0.333. The highest BCUT2D eigenvalue weighted by molar-refractivity contribution is 5.94. The van der Waals surface area contributed by atoms with Gasteiger partial charge < -0.3 is 10.0 Å². The van der Waals surface area contributed by atoms with Crippen molar-refractivity contribution >= 4 is 11.7 Å². The van der Waals surface area contributed by atoms with Crippen molar-refractivity contribution in [1.82, 2.24) is 0 Å². The predicted octanol–water partition coefficient (Wildman–Crippen LogP) is 2.04. The lowest BCUT2D eigenvalue weighted by Crippen LogP contribution is -2.21. The van der Waals surface area contributed by atoms with E-state index in [9.17, 15) is 4.79 Å². The van der Waals surface area contributed by atoms with Crippen molar-refractivity contribution in [3.8, 4) is 6.07 Å². The molecule has 0 radical (unpaired) electrons. The summed E-state index contributed by atoms with van der Waals surface area (Å²) in [6, 6.07) is 7.22. The van der Waals surface area contributed by atoms with Gasteiger partial charge >= 0.3 is 5.97 Å². The van der Waals surface area contributed by atoms with Crippen LogP contribution in [0.5, 0.6) is 0 Å². The molecular formula is C12H14N2O2. The summed E-state index contributed by atoms with van der Waals surface area (Å²) in [5, 5.41) is 17.5. The summed E-state index contributed by atoms with van der Waals surface area (Å²) >= 11 is 0. The number of carboxylic acid groups (broad SMARTS) is 1. The minimum atomic E-state index is -0.946. The number of carbonyl (C=O) groups is 1. The first kappa shape index (κ1) is 12.1. The number of aryl methyl sites for hydroxylation is 1. The molecule has 0 amide bonds. The summed E-state index contributed by atoms with van der Waals surface area (Å²) in [7, 11) is 1.79. The van der Waals surface area contributed by atoms with Crippen molar-refractivity contribution in [3.05, 3.63) is 29.3 Å². The Morgan fingerprint density at radius 3 is 2.81 bits per heavy atom. The van der Waals surface area contributed by atoms with Gasteiger partial charge in [-0.1, -0.05) is 6.07 Å². The molecule has 0 atom stereocenters. The van der Waals surface area contributed by atoms with E-state index >= 15 is 0 Å². The van der Waals surface area contributed by atoms with Gasteiger partial charge in [-0.15, -0.1) is 0 Å². The van der Waals surface area contributed by atoms with Crippen LogP contribution in [0.3, 0.4) is 0 Å². The molecule has 0 aliphatic heterocycles. The summed E-state index contributed by atoms with van der Waals surface area (Å²) in [6.45, 7) is 2.44. The predicted molar refractivity (Wildman–Crippen MR) is 61.6 cm³/mol. The van der Waals surface area contributed by atoms with Crippen LogP contribution in [0.1, 0.15) is 22.3 Å². The number of hydrogen-bond acceptors (Lipinski definition) is 3. The van der Waals surface area contributed by atoms with Crippen LogP contribution in [0, 0.1) is 18.3 Å². The van der Waals surface area contributed by atoms with Gasteiger partial charge in [0.2, 0.25) is 0 Å². The molecule has 0 aliphatic carbocycles. The maximum atomic E-state index is 11.0. The Morgan fingerprint density at radius 1 is 1.56 bits per heavy atom. The van der Waals surface area contributed by atoms with Crippen LogP contribution in [-0.4, -0.2) is 24.7 Å². The van der Waals surface area contributed by atoms with Gasteiger partial charge in [0.25, 0.3) is 0 Å². The minimum absolute atomic E-state index is 0.269. The van der Waals surface area contributed by atoms with Gasteiger partial charge in [-0.25, -0.2) is 4.79 Å². The third-order valence-corrected chi connectivity index (χ3v) is 2.35. The van der Waals surface area contributed by atoms with Crippen molar-refractivity contribution in [1.29, 1.82) is 5.26 Å². The van der Waals surface area contributed by atoms with E-state index in [4.69, 9.17) is 10.4 Å². The zero-order valence-electron chi connectivity index (χ0n) is 9.40. The summed E-state index contributed by atoms with van der Waals surface area (Å²) in [5.74, 6) is -0.946. The molecule has 0 saturated carbocycles. The van der Waals surface area contributed by atoms with E-state index in [2.05, 4.69) is 0 Å². The standard InChI is InChI=1S/C12H14N2O2/c1-9-4-5-10(12(15)16)11(8-9)14(2)7-3-6-13/h4-5,8H,3,7H2,1-2H3,(H,15,16). The average molecular weight is 218 g/mol. The van der Waals surface area contributed by atoms with Crippen LogP contribution in [0.15, 0.2) is 18.2 Å². The first-order valence-electron chi connectivity index (χ1n) is 4.98. The van der Waals surface area contributed by atoms with Gasteiger partial charge in [0.15, 0.2) is 0 Å². The normalized spacial score (nSPS) is 9.56. The zero-order chi connectivity index (χ0) is 12.1. The Bertz CT molecular complexity index is 435. The van der Waals surface area contributed by atoms with E-state index in [0.29, 0.717) is 18.7 Å². The van der Waals surface area contributed by atoms with E-state index in [1.807, 2.05) is 19.1 Å². The van der Waals surface area contributed by atoms with Crippen molar-refractivity contribution in [2.75, 3.05) is 18.5 Å². The van der Waals surface area contributed by atoms with Gasteiger partial charge in [0.1, 0.15) is 0 Å². The number of hydrogen-bond donors (Lipinski definition) is 1. The molecule has 0 bridgehead atoms. The Hall–Kier alpha value is -2.02. The van der Waals surface area contributed by atoms with Crippen LogP contribution in [0.25, 0.3) is 0 Å². The first-order valence-corrected chi connectivity index (χ1v) is 4.98. The molecule has 0 saturated heterocycles.